The van der Waals surface area contributed by atoms with Crippen molar-refractivity contribution >= 4 is 5.97 Å². The van der Waals surface area contributed by atoms with E-state index < -0.39 is 17.7 Å². The summed E-state index contributed by atoms with van der Waals surface area (Å²) in [5.74, 6) is 4.98. The maximum Gasteiger partial charge on any atom is 0.309 e. The number of carbonyl (C=O) groups is 1. The number of aliphatic hydroxyl groups is 1. The fourth-order valence-corrected chi connectivity index (χ4v) is 0.907. The molecular formula is C12H20O3. The van der Waals surface area contributed by atoms with E-state index in [1.165, 1.54) is 0 Å². The third-order valence-electron chi connectivity index (χ3n) is 1.42. The number of rotatable bonds is 3. The molecule has 86 valence electrons. The lowest BCUT2D eigenvalue weighted by molar-refractivity contribution is -0.156. The molecule has 0 unspecified atom stereocenters. The summed E-state index contributed by atoms with van der Waals surface area (Å²) in [6.45, 7) is 7.38. The van der Waals surface area contributed by atoms with Gasteiger partial charge in [0.05, 0.1) is 6.42 Å². The van der Waals surface area contributed by atoms with E-state index in [9.17, 15) is 9.90 Å². The van der Waals surface area contributed by atoms with Crippen molar-refractivity contribution in [3.63, 3.8) is 0 Å². The fraction of sp³-hybridized carbons (Fsp3) is 0.750. The van der Waals surface area contributed by atoms with Gasteiger partial charge >= 0.3 is 5.97 Å². The highest BCUT2D eigenvalue weighted by molar-refractivity contribution is 5.71. The van der Waals surface area contributed by atoms with Gasteiger partial charge in [-0.2, -0.15) is 0 Å². The molecule has 0 fully saturated rings. The lowest BCUT2D eigenvalue weighted by atomic mass is 10.2. The van der Waals surface area contributed by atoms with Crippen LogP contribution in [0.1, 0.15) is 47.0 Å². The maximum atomic E-state index is 11.3. The van der Waals surface area contributed by atoms with E-state index >= 15 is 0 Å². The zero-order valence-electron chi connectivity index (χ0n) is 9.96. The highest BCUT2D eigenvalue weighted by atomic mass is 16.6. The van der Waals surface area contributed by atoms with Crippen molar-refractivity contribution in [2.45, 2.75) is 58.7 Å². The van der Waals surface area contributed by atoms with Gasteiger partial charge in [0.25, 0.3) is 0 Å². The summed E-state index contributed by atoms with van der Waals surface area (Å²) in [5, 5.41) is 9.37. The van der Waals surface area contributed by atoms with Crippen molar-refractivity contribution in [2.24, 2.45) is 0 Å². The van der Waals surface area contributed by atoms with E-state index in [0.29, 0.717) is 0 Å². The average molecular weight is 212 g/mol. The highest BCUT2D eigenvalue weighted by Gasteiger charge is 2.18. The molecule has 15 heavy (non-hydrogen) atoms. The van der Waals surface area contributed by atoms with Crippen molar-refractivity contribution in [2.75, 3.05) is 0 Å². The van der Waals surface area contributed by atoms with Gasteiger partial charge in [-0.3, -0.25) is 4.79 Å². The summed E-state index contributed by atoms with van der Waals surface area (Å²) in [6, 6.07) is 0. The van der Waals surface area contributed by atoms with Crippen LogP contribution in [0.15, 0.2) is 0 Å². The van der Waals surface area contributed by atoms with Crippen LogP contribution in [0.5, 0.6) is 0 Å². The second kappa shape index (κ2) is 6.47. The largest absolute Gasteiger partial charge is 0.460 e. The van der Waals surface area contributed by atoms with Gasteiger partial charge < -0.3 is 9.84 Å². The van der Waals surface area contributed by atoms with E-state index in [2.05, 4.69) is 11.8 Å². The Labute approximate surface area is 91.8 Å². The van der Waals surface area contributed by atoms with Crippen molar-refractivity contribution < 1.29 is 14.6 Å². The first-order valence-corrected chi connectivity index (χ1v) is 5.23. The SMILES string of the molecule is CCCC#C[C@@H](O)CC(=O)OC(C)(C)C. The predicted molar refractivity (Wildman–Crippen MR) is 59.2 cm³/mol. The molecule has 0 amide bonds. The molecule has 0 spiro atoms. The highest BCUT2D eigenvalue weighted by Crippen LogP contribution is 2.09. The normalized spacial score (nSPS) is 12.6. The second-order valence-electron chi connectivity index (χ2n) is 4.38. The molecule has 0 aliphatic heterocycles. The Morgan fingerprint density at radius 1 is 1.47 bits per heavy atom. The number of hydrogen-bond donors (Lipinski definition) is 1. The Balaban J connectivity index is 3.93. The molecule has 0 heterocycles. The number of unbranched alkanes of at least 4 members (excludes halogenated alkanes) is 1. The van der Waals surface area contributed by atoms with E-state index in [1.54, 1.807) is 20.8 Å². The third-order valence-corrected chi connectivity index (χ3v) is 1.42. The van der Waals surface area contributed by atoms with Gasteiger partial charge in [-0.25, -0.2) is 0 Å². The van der Waals surface area contributed by atoms with Gasteiger partial charge in [0.15, 0.2) is 0 Å². The van der Waals surface area contributed by atoms with Crippen LogP contribution < -0.4 is 0 Å². The number of aliphatic hydroxyl groups excluding tert-OH is 1. The molecule has 0 aromatic carbocycles. The fourth-order valence-electron chi connectivity index (χ4n) is 0.907. The standard InChI is InChI=1S/C12H20O3/c1-5-6-7-8-10(13)9-11(14)15-12(2,3)4/h10,13H,5-6,9H2,1-4H3/t10-/m1/s1. The Morgan fingerprint density at radius 3 is 2.53 bits per heavy atom. The first-order valence-electron chi connectivity index (χ1n) is 5.23. The molecule has 0 aromatic rings. The maximum absolute atomic E-state index is 11.3. The van der Waals surface area contributed by atoms with Crippen LogP contribution in [0.2, 0.25) is 0 Å². The molecule has 0 saturated heterocycles. The third kappa shape index (κ3) is 9.30. The molecule has 0 radical (unpaired) electrons. The van der Waals surface area contributed by atoms with Crippen LogP contribution in [-0.2, 0) is 9.53 Å². The van der Waals surface area contributed by atoms with E-state index in [0.717, 1.165) is 12.8 Å². The van der Waals surface area contributed by atoms with Crippen molar-refractivity contribution in [1.82, 2.24) is 0 Å². The van der Waals surface area contributed by atoms with Gasteiger partial charge in [0.1, 0.15) is 11.7 Å². The van der Waals surface area contributed by atoms with Crippen molar-refractivity contribution in [3.8, 4) is 11.8 Å². The van der Waals surface area contributed by atoms with Gasteiger partial charge in [-0.15, -0.1) is 5.92 Å². The Bertz CT molecular complexity index is 252. The van der Waals surface area contributed by atoms with Gasteiger partial charge in [-0.1, -0.05) is 12.8 Å². The predicted octanol–water partition coefficient (Wildman–Crippen LogP) is 1.88. The smallest absolute Gasteiger partial charge is 0.309 e. The van der Waals surface area contributed by atoms with E-state index in [-0.39, 0.29) is 6.42 Å². The summed E-state index contributed by atoms with van der Waals surface area (Å²) >= 11 is 0. The van der Waals surface area contributed by atoms with Gasteiger partial charge in [-0.05, 0) is 27.2 Å². The van der Waals surface area contributed by atoms with Crippen LogP contribution in [-0.4, -0.2) is 22.8 Å². The van der Waals surface area contributed by atoms with Crippen LogP contribution in [0.25, 0.3) is 0 Å². The second-order valence-corrected chi connectivity index (χ2v) is 4.38. The summed E-state index contributed by atoms with van der Waals surface area (Å²) in [5.41, 5.74) is -0.506. The van der Waals surface area contributed by atoms with Crippen LogP contribution in [0.4, 0.5) is 0 Å². The molecule has 1 N–H and O–H groups in total. The zero-order valence-corrected chi connectivity index (χ0v) is 9.96. The molecule has 0 aromatic heterocycles. The van der Waals surface area contributed by atoms with Crippen LogP contribution in [0.3, 0.4) is 0 Å². The van der Waals surface area contributed by atoms with Crippen LogP contribution in [0, 0.1) is 11.8 Å². The Hall–Kier alpha value is -1.01. The molecule has 0 rings (SSSR count). The first-order chi connectivity index (χ1) is 6.85. The number of hydrogen-bond acceptors (Lipinski definition) is 3. The molecule has 0 saturated carbocycles. The lowest BCUT2D eigenvalue weighted by Crippen LogP contribution is -2.26. The van der Waals surface area contributed by atoms with Crippen molar-refractivity contribution in [1.29, 1.82) is 0 Å². The zero-order chi connectivity index (χ0) is 11.9. The quantitative estimate of drug-likeness (QED) is 0.574. The number of esters is 1. The Morgan fingerprint density at radius 2 is 2.07 bits per heavy atom. The lowest BCUT2D eigenvalue weighted by Gasteiger charge is -2.19. The monoisotopic (exact) mass is 212 g/mol. The topological polar surface area (TPSA) is 46.5 Å². The molecule has 0 aliphatic carbocycles. The Kier molecular flexibility index (Phi) is 6.03. The number of ether oxygens (including phenoxy) is 1. The first kappa shape index (κ1) is 14.0. The molecule has 0 bridgehead atoms. The molecule has 3 heteroatoms. The molecule has 0 aliphatic rings. The molecule has 3 nitrogen and oxygen atoms in total. The minimum atomic E-state index is -0.911. The molecule has 1 atom stereocenters. The summed E-state index contributed by atoms with van der Waals surface area (Å²) in [6.07, 6.45) is 0.720. The van der Waals surface area contributed by atoms with Crippen LogP contribution >= 0.6 is 0 Å². The summed E-state index contributed by atoms with van der Waals surface area (Å²) < 4.78 is 5.05. The van der Waals surface area contributed by atoms with Gasteiger partial charge in [0, 0.05) is 6.42 Å². The average Bonchev–Trinajstić information content (AvgIpc) is 2.00. The van der Waals surface area contributed by atoms with E-state index in [1.807, 2.05) is 6.92 Å². The summed E-state index contributed by atoms with van der Waals surface area (Å²) in [7, 11) is 0. The molecular weight excluding hydrogens is 192 g/mol. The minimum absolute atomic E-state index is 0.0615. The minimum Gasteiger partial charge on any atom is -0.460 e. The van der Waals surface area contributed by atoms with Gasteiger partial charge in [0.2, 0.25) is 0 Å². The number of carbonyl (C=O) groups excluding carboxylic acids is 1. The summed E-state index contributed by atoms with van der Waals surface area (Å²) in [4.78, 5) is 11.3. The van der Waals surface area contributed by atoms with E-state index in [4.69, 9.17) is 4.74 Å². The van der Waals surface area contributed by atoms with Crippen molar-refractivity contribution in [3.05, 3.63) is 0 Å².